The van der Waals surface area contributed by atoms with Crippen LogP contribution < -0.4 is 10.5 Å². The Bertz CT molecular complexity index is 556. The van der Waals surface area contributed by atoms with Crippen LogP contribution in [-0.2, 0) is 12.8 Å². The SMILES string of the molecule is COc1cccc(CC(N)CCCc2ccccc2)c1F. The first-order valence-corrected chi connectivity index (χ1v) is 7.31. The second kappa shape index (κ2) is 7.79. The van der Waals surface area contributed by atoms with E-state index in [0.717, 1.165) is 19.3 Å². The van der Waals surface area contributed by atoms with Crippen LogP contribution in [0.25, 0.3) is 0 Å². The van der Waals surface area contributed by atoms with Crippen molar-refractivity contribution in [1.29, 1.82) is 0 Å². The Hall–Kier alpha value is -1.87. The van der Waals surface area contributed by atoms with Crippen molar-refractivity contribution < 1.29 is 9.13 Å². The molecule has 0 saturated heterocycles. The predicted molar refractivity (Wildman–Crippen MR) is 84.0 cm³/mol. The molecule has 0 heterocycles. The molecule has 0 bridgehead atoms. The van der Waals surface area contributed by atoms with E-state index in [-0.39, 0.29) is 17.6 Å². The molecule has 21 heavy (non-hydrogen) atoms. The molecule has 1 atom stereocenters. The lowest BCUT2D eigenvalue weighted by Crippen LogP contribution is -2.23. The van der Waals surface area contributed by atoms with Crippen LogP contribution in [0.5, 0.6) is 5.75 Å². The molecule has 0 radical (unpaired) electrons. The minimum Gasteiger partial charge on any atom is -0.494 e. The summed E-state index contributed by atoms with van der Waals surface area (Å²) in [6, 6.07) is 15.5. The van der Waals surface area contributed by atoms with Gasteiger partial charge in [-0.15, -0.1) is 0 Å². The Morgan fingerprint density at radius 1 is 1.10 bits per heavy atom. The molecule has 0 aliphatic carbocycles. The molecule has 0 amide bonds. The summed E-state index contributed by atoms with van der Waals surface area (Å²) in [4.78, 5) is 0. The highest BCUT2D eigenvalue weighted by Gasteiger charge is 2.11. The van der Waals surface area contributed by atoms with Gasteiger partial charge in [-0.2, -0.15) is 0 Å². The number of ether oxygens (including phenoxy) is 1. The van der Waals surface area contributed by atoms with Gasteiger partial charge in [0, 0.05) is 6.04 Å². The standard InChI is InChI=1S/C18H22FNO/c1-21-17-12-6-10-15(18(17)19)13-16(20)11-5-9-14-7-3-2-4-8-14/h2-4,6-8,10,12,16H,5,9,11,13,20H2,1H3. The van der Waals surface area contributed by atoms with Crippen LogP contribution in [0.15, 0.2) is 48.5 Å². The number of methoxy groups -OCH3 is 1. The molecule has 0 saturated carbocycles. The molecule has 2 nitrogen and oxygen atoms in total. The summed E-state index contributed by atoms with van der Waals surface area (Å²) in [7, 11) is 1.47. The number of hydrogen-bond donors (Lipinski definition) is 1. The van der Waals surface area contributed by atoms with Crippen molar-refractivity contribution in [2.45, 2.75) is 31.7 Å². The van der Waals surface area contributed by atoms with E-state index in [9.17, 15) is 4.39 Å². The summed E-state index contributed by atoms with van der Waals surface area (Å²) >= 11 is 0. The molecule has 0 aromatic heterocycles. The summed E-state index contributed by atoms with van der Waals surface area (Å²) in [5, 5.41) is 0. The number of aryl methyl sites for hydroxylation is 1. The van der Waals surface area contributed by atoms with Gasteiger partial charge in [0.25, 0.3) is 0 Å². The molecular formula is C18H22FNO. The van der Waals surface area contributed by atoms with Gasteiger partial charge in [0.05, 0.1) is 7.11 Å². The first-order valence-electron chi connectivity index (χ1n) is 7.31. The normalized spacial score (nSPS) is 12.1. The van der Waals surface area contributed by atoms with E-state index < -0.39 is 0 Å². The van der Waals surface area contributed by atoms with Gasteiger partial charge in [0.15, 0.2) is 11.6 Å². The van der Waals surface area contributed by atoms with E-state index in [0.29, 0.717) is 12.0 Å². The Balaban J connectivity index is 1.83. The van der Waals surface area contributed by atoms with E-state index in [4.69, 9.17) is 10.5 Å². The van der Waals surface area contributed by atoms with Crippen molar-refractivity contribution in [2.24, 2.45) is 5.73 Å². The molecule has 112 valence electrons. The molecule has 2 aromatic carbocycles. The van der Waals surface area contributed by atoms with Gasteiger partial charge in [0.2, 0.25) is 0 Å². The summed E-state index contributed by atoms with van der Waals surface area (Å²) < 4.78 is 19.0. The van der Waals surface area contributed by atoms with E-state index in [1.54, 1.807) is 18.2 Å². The molecule has 1 unspecified atom stereocenters. The summed E-state index contributed by atoms with van der Waals surface area (Å²) in [6.07, 6.45) is 3.44. The lowest BCUT2D eigenvalue weighted by Gasteiger charge is -2.13. The maximum Gasteiger partial charge on any atom is 0.168 e. The van der Waals surface area contributed by atoms with E-state index in [2.05, 4.69) is 12.1 Å². The zero-order valence-corrected chi connectivity index (χ0v) is 12.4. The fourth-order valence-electron chi connectivity index (χ4n) is 2.47. The van der Waals surface area contributed by atoms with Crippen LogP contribution in [0.3, 0.4) is 0 Å². The van der Waals surface area contributed by atoms with Gasteiger partial charge < -0.3 is 10.5 Å². The van der Waals surface area contributed by atoms with Crippen molar-refractivity contribution in [2.75, 3.05) is 7.11 Å². The van der Waals surface area contributed by atoms with E-state index in [1.165, 1.54) is 12.7 Å². The largest absolute Gasteiger partial charge is 0.494 e. The maximum atomic E-state index is 14.0. The van der Waals surface area contributed by atoms with Crippen molar-refractivity contribution in [1.82, 2.24) is 0 Å². The molecular weight excluding hydrogens is 265 g/mol. The molecule has 0 spiro atoms. The third-order valence-corrected chi connectivity index (χ3v) is 3.63. The van der Waals surface area contributed by atoms with Crippen LogP contribution in [0.1, 0.15) is 24.0 Å². The molecule has 0 fully saturated rings. The van der Waals surface area contributed by atoms with Crippen molar-refractivity contribution >= 4 is 0 Å². The van der Waals surface area contributed by atoms with E-state index in [1.807, 2.05) is 18.2 Å². The third-order valence-electron chi connectivity index (χ3n) is 3.63. The van der Waals surface area contributed by atoms with Gasteiger partial charge in [-0.25, -0.2) is 4.39 Å². The van der Waals surface area contributed by atoms with Gasteiger partial charge in [-0.1, -0.05) is 42.5 Å². The highest BCUT2D eigenvalue weighted by atomic mass is 19.1. The van der Waals surface area contributed by atoms with Crippen LogP contribution in [0.2, 0.25) is 0 Å². The second-order valence-corrected chi connectivity index (χ2v) is 5.28. The average Bonchev–Trinajstić information content (AvgIpc) is 2.50. The smallest absolute Gasteiger partial charge is 0.168 e. The maximum absolute atomic E-state index is 14.0. The monoisotopic (exact) mass is 287 g/mol. The summed E-state index contributed by atoms with van der Waals surface area (Å²) in [5.41, 5.74) is 8.07. The Kier molecular flexibility index (Phi) is 5.76. The molecule has 3 heteroatoms. The predicted octanol–water partition coefficient (Wildman–Crippen LogP) is 3.73. The summed E-state index contributed by atoms with van der Waals surface area (Å²) in [6.45, 7) is 0. The first kappa shape index (κ1) is 15.5. The zero-order valence-electron chi connectivity index (χ0n) is 12.4. The number of nitrogens with two attached hydrogens (primary N) is 1. The molecule has 2 N–H and O–H groups in total. The minimum atomic E-state index is -0.293. The van der Waals surface area contributed by atoms with Gasteiger partial charge in [0.1, 0.15) is 0 Å². The molecule has 0 aliphatic rings. The minimum absolute atomic E-state index is 0.0321. The Labute approximate surface area is 125 Å². The van der Waals surface area contributed by atoms with Crippen molar-refractivity contribution in [3.8, 4) is 5.75 Å². The first-order chi connectivity index (χ1) is 10.2. The van der Waals surface area contributed by atoms with E-state index >= 15 is 0 Å². The molecule has 2 rings (SSSR count). The molecule has 2 aromatic rings. The Morgan fingerprint density at radius 3 is 2.57 bits per heavy atom. The summed E-state index contributed by atoms with van der Waals surface area (Å²) in [5.74, 6) is -0.0116. The van der Waals surface area contributed by atoms with Crippen LogP contribution >= 0.6 is 0 Å². The topological polar surface area (TPSA) is 35.2 Å². The third kappa shape index (κ3) is 4.57. The number of hydrogen-bond acceptors (Lipinski definition) is 2. The fraction of sp³-hybridized carbons (Fsp3) is 0.333. The number of halogens is 1. The lowest BCUT2D eigenvalue weighted by molar-refractivity contribution is 0.383. The quantitative estimate of drug-likeness (QED) is 0.842. The highest BCUT2D eigenvalue weighted by molar-refractivity contribution is 5.31. The number of rotatable bonds is 7. The number of benzene rings is 2. The highest BCUT2D eigenvalue weighted by Crippen LogP contribution is 2.21. The van der Waals surface area contributed by atoms with Crippen LogP contribution in [0.4, 0.5) is 4.39 Å². The van der Waals surface area contributed by atoms with Crippen molar-refractivity contribution in [3.63, 3.8) is 0 Å². The average molecular weight is 287 g/mol. The second-order valence-electron chi connectivity index (χ2n) is 5.28. The van der Waals surface area contributed by atoms with Gasteiger partial charge >= 0.3 is 0 Å². The van der Waals surface area contributed by atoms with Crippen molar-refractivity contribution in [3.05, 3.63) is 65.5 Å². The Morgan fingerprint density at radius 2 is 1.86 bits per heavy atom. The van der Waals surface area contributed by atoms with Crippen LogP contribution in [0, 0.1) is 5.82 Å². The van der Waals surface area contributed by atoms with Gasteiger partial charge in [-0.3, -0.25) is 0 Å². The fourth-order valence-corrected chi connectivity index (χ4v) is 2.47. The zero-order chi connectivity index (χ0) is 15.1. The van der Waals surface area contributed by atoms with Gasteiger partial charge in [-0.05, 0) is 42.9 Å². The van der Waals surface area contributed by atoms with Crippen LogP contribution in [-0.4, -0.2) is 13.2 Å². The molecule has 0 aliphatic heterocycles. The lowest BCUT2D eigenvalue weighted by atomic mass is 9.99.